The average Bonchev–Trinajstić information content (AvgIpc) is 2.82. The summed E-state index contributed by atoms with van der Waals surface area (Å²) < 4.78 is 42.3. The molecule has 1 aromatic heterocycles. The van der Waals surface area contributed by atoms with Crippen molar-refractivity contribution in [3.63, 3.8) is 0 Å². The Labute approximate surface area is 224 Å². The van der Waals surface area contributed by atoms with Gasteiger partial charge in [-0.3, -0.25) is 9.59 Å². The number of nitrogens with zero attached hydrogens (tertiary/aromatic N) is 5. The van der Waals surface area contributed by atoms with E-state index >= 15 is 0 Å². The molecule has 2 aliphatic heterocycles. The number of hydrogen-bond donors (Lipinski definition) is 1. The molecular formula is C22H24F3N6O3U-. The number of alkyl halides is 3. The van der Waals surface area contributed by atoms with E-state index in [9.17, 15) is 22.8 Å². The molecule has 0 saturated carbocycles. The summed E-state index contributed by atoms with van der Waals surface area (Å²) in [5.74, 6) is 1.27. The van der Waals surface area contributed by atoms with E-state index in [-0.39, 0.29) is 42.8 Å². The summed E-state index contributed by atoms with van der Waals surface area (Å²) in [5.41, 5.74) is 2.65. The van der Waals surface area contributed by atoms with Gasteiger partial charge in [-0.1, -0.05) is 24.3 Å². The van der Waals surface area contributed by atoms with E-state index in [1.807, 2.05) is 0 Å². The van der Waals surface area contributed by atoms with Gasteiger partial charge >= 0.3 is 6.18 Å². The zero-order valence-corrected chi connectivity index (χ0v) is 23.2. The maximum Gasteiger partial charge on any atom is 0.388 e. The van der Waals surface area contributed by atoms with Crippen LogP contribution in [0.1, 0.15) is 18.2 Å². The van der Waals surface area contributed by atoms with Crippen LogP contribution in [0.15, 0.2) is 24.3 Å². The van der Waals surface area contributed by atoms with Gasteiger partial charge in [0.25, 0.3) is 0 Å². The number of urea groups is 1. The van der Waals surface area contributed by atoms with Crippen LogP contribution in [-0.2, 0) is 22.5 Å². The number of anilines is 1. The van der Waals surface area contributed by atoms with Gasteiger partial charge in [0, 0.05) is 61.9 Å². The summed E-state index contributed by atoms with van der Waals surface area (Å²) in [6, 6.07) is 5.39. The minimum atomic E-state index is -4.51. The molecule has 4 rings (SSSR count). The van der Waals surface area contributed by atoms with Crippen molar-refractivity contribution in [3.05, 3.63) is 40.8 Å². The molecule has 1 atom stereocenters. The van der Waals surface area contributed by atoms with E-state index in [4.69, 9.17) is 14.7 Å². The third-order valence-corrected chi connectivity index (χ3v) is 5.66. The van der Waals surface area contributed by atoms with Crippen LogP contribution in [0.25, 0.3) is 16.7 Å². The number of ether oxygens (including phenoxy) is 1. The molecule has 35 heavy (non-hydrogen) atoms. The smallest absolute Gasteiger partial charge is 0.388 e. The Morgan fingerprint density at radius 2 is 2.00 bits per heavy atom. The first kappa shape index (κ1) is 27.2. The summed E-state index contributed by atoms with van der Waals surface area (Å²) in [6.07, 6.45) is -3.05. The van der Waals surface area contributed by atoms with Gasteiger partial charge in [0.1, 0.15) is 5.82 Å². The van der Waals surface area contributed by atoms with Crippen LogP contribution < -0.4 is 10.2 Å². The van der Waals surface area contributed by atoms with Crippen LogP contribution in [0, 0.1) is 31.1 Å². The molecular weight excluding hydrogens is 691 g/mol. The van der Waals surface area contributed by atoms with Gasteiger partial charge in [0.05, 0.1) is 31.5 Å². The van der Waals surface area contributed by atoms with Crippen LogP contribution in [-0.4, -0.2) is 72.4 Å². The van der Waals surface area contributed by atoms with Crippen molar-refractivity contribution in [1.82, 2.24) is 20.2 Å². The van der Waals surface area contributed by atoms with Crippen molar-refractivity contribution in [2.75, 3.05) is 37.7 Å². The standard InChI is InChI=1S/C22H25F3N6O3.U/c1-14-11-34-9-8-31(14)20-17-6-7-30(13-32)10-18(17)28-19(29-20)15-2-4-16(5-3-15)27-21(33)26-12-22(23,24)25;/h2-5,13-14H,6-12H2,1H3,(H2,26,27,28,29,33);/p-1/t14-;/m0./s1. The number of hydrogen-bond acceptors (Lipinski definition) is 6. The first-order valence-corrected chi connectivity index (χ1v) is 10.8. The maximum absolute atomic E-state index is 12.3. The molecule has 13 heteroatoms. The molecule has 2 aromatic rings. The van der Waals surface area contributed by atoms with E-state index in [2.05, 4.69) is 17.1 Å². The zero-order chi connectivity index (χ0) is 24.3. The topological polar surface area (TPSA) is 102 Å². The van der Waals surface area contributed by atoms with Gasteiger partial charge in [0.15, 0.2) is 11.9 Å². The fourth-order valence-corrected chi connectivity index (χ4v) is 3.95. The molecule has 0 spiro atoms. The monoisotopic (exact) mass is 715 g/mol. The quantitative estimate of drug-likeness (QED) is 0.478. The number of fused-ring (bicyclic) bond motifs is 1. The Balaban J connectivity index is 0.00000342. The largest absolute Gasteiger partial charge is 0.441 e. The second kappa shape index (κ2) is 11.6. The summed E-state index contributed by atoms with van der Waals surface area (Å²) in [6.45, 7) is 3.45. The van der Waals surface area contributed by atoms with Gasteiger partial charge in [-0.25, -0.2) is 9.97 Å². The number of carbonyl (C=O) groups is 2. The third kappa shape index (κ3) is 6.86. The number of halogens is 3. The fraction of sp³-hybridized carbons (Fsp3) is 0.455. The van der Waals surface area contributed by atoms with E-state index < -0.39 is 18.8 Å². The van der Waals surface area contributed by atoms with Crippen molar-refractivity contribution in [1.29, 1.82) is 0 Å². The summed E-state index contributed by atoms with van der Waals surface area (Å²) in [7, 11) is 0. The average molecular weight is 715 g/mol. The molecule has 0 radical (unpaired) electrons. The van der Waals surface area contributed by atoms with Gasteiger partial charge in [-0.2, -0.15) is 13.2 Å². The van der Waals surface area contributed by atoms with E-state index in [0.29, 0.717) is 50.7 Å². The molecule has 9 nitrogen and oxygen atoms in total. The zero-order valence-electron chi connectivity index (χ0n) is 19.0. The van der Waals surface area contributed by atoms with Crippen LogP contribution in [0.2, 0.25) is 0 Å². The van der Waals surface area contributed by atoms with Crippen LogP contribution >= 0.6 is 0 Å². The van der Waals surface area contributed by atoms with Crippen molar-refractivity contribution in [2.24, 2.45) is 0 Å². The maximum atomic E-state index is 12.3. The number of benzene rings is 1. The van der Waals surface area contributed by atoms with Gasteiger partial charge in [-0.15, -0.1) is 0 Å². The number of amides is 3. The molecule has 3 heterocycles. The van der Waals surface area contributed by atoms with E-state index in [1.165, 1.54) is 12.1 Å². The third-order valence-electron chi connectivity index (χ3n) is 5.66. The predicted molar refractivity (Wildman–Crippen MR) is 118 cm³/mol. The van der Waals surface area contributed by atoms with E-state index in [0.717, 1.165) is 23.5 Å². The molecule has 1 saturated heterocycles. The summed E-state index contributed by atoms with van der Waals surface area (Å²) in [4.78, 5) is 36.4. The van der Waals surface area contributed by atoms with Crippen LogP contribution in [0.5, 0.6) is 0 Å². The van der Waals surface area contributed by atoms with Gasteiger partial charge in [0.2, 0.25) is 6.41 Å². The first-order valence-electron chi connectivity index (χ1n) is 10.8. The van der Waals surface area contributed by atoms with Crippen molar-refractivity contribution in [2.45, 2.75) is 32.1 Å². The van der Waals surface area contributed by atoms with Crippen molar-refractivity contribution >= 4 is 23.9 Å². The minimum Gasteiger partial charge on any atom is -0.441 e. The first-order chi connectivity index (χ1) is 16.2. The number of nitrogens with one attached hydrogen (secondary N) is 1. The number of carbonyl (C=O) groups excluding carboxylic acids is 2. The van der Waals surface area contributed by atoms with E-state index in [1.54, 1.807) is 22.3 Å². The Bertz CT molecular complexity index is 1050. The van der Waals surface area contributed by atoms with Gasteiger partial charge < -0.3 is 25.2 Å². The second-order valence-electron chi connectivity index (χ2n) is 8.17. The molecule has 1 N–H and O–H groups in total. The molecule has 186 valence electrons. The number of morpholine rings is 1. The molecule has 3 amide bonds. The normalized spacial score (nSPS) is 17.8. The summed E-state index contributed by atoms with van der Waals surface area (Å²) in [5, 5.41) is 5.34. The van der Waals surface area contributed by atoms with Crippen molar-refractivity contribution < 1.29 is 58.6 Å². The fourth-order valence-electron chi connectivity index (χ4n) is 3.95. The molecule has 0 unspecified atom stereocenters. The predicted octanol–water partition coefficient (Wildman–Crippen LogP) is 3.16. The number of aromatic nitrogens is 2. The molecule has 1 fully saturated rings. The Morgan fingerprint density at radius 3 is 2.66 bits per heavy atom. The second-order valence-corrected chi connectivity index (χ2v) is 8.17. The number of rotatable bonds is 5. The molecule has 1 aromatic carbocycles. The van der Waals surface area contributed by atoms with Crippen LogP contribution in [0.4, 0.5) is 29.5 Å². The van der Waals surface area contributed by atoms with Crippen LogP contribution in [0.3, 0.4) is 0 Å². The minimum absolute atomic E-state index is 0. The Kier molecular flexibility index (Phi) is 9.01. The molecule has 2 aliphatic rings. The molecule has 0 bridgehead atoms. The Hall–Kier alpha value is -2.36. The SMILES string of the molecule is C[C@H]1COCCN1c1nc(-c2ccc([N-]C(=O)NCC(F)(F)F)cc2)nc2c1CCN(C=O)C2.[U]. The Morgan fingerprint density at radius 1 is 1.26 bits per heavy atom. The summed E-state index contributed by atoms with van der Waals surface area (Å²) >= 11 is 0. The van der Waals surface area contributed by atoms with Crippen molar-refractivity contribution in [3.8, 4) is 11.4 Å². The van der Waals surface area contributed by atoms with Gasteiger partial charge in [-0.05, 0) is 19.0 Å². The molecule has 0 aliphatic carbocycles.